The Balaban J connectivity index is 1.45. The van der Waals surface area contributed by atoms with Gasteiger partial charge >= 0.3 is 0 Å². The highest BCUT2D eigenvalue weighted by molar-refractivity contribution is 7.19. The van der Waals surface area contributed by atoms with E-state index in [9.17, 15) is 4.79 Å². The summed E-state index contributed by atoms with van der Waals surface area (Å²) in [6.07, 6.45) is 8.18. The predicted octanol–water partition coefficient (Wildman–Crippen LogP) is 6.74. The van der Waals surface area contributed by atoms with Gasteiger partial charge in [-0.25, -0.2) is 9.97 Å². The number of rotatable bonds is 17. The van der Waals surface area contributed by atoms with Gasteiger partial charge in [0.05, 0.1) is 15.2 Å². The van der Waals surface area contributed by atoms with Crippen molar-refractivity contribution < 1.29 is 4.79 Å². The topological polar surface area (TPSA) is 61.4 Å². The molecule has 198 valence electrons. The van der Waals surface area contributed by atoms with Crippen LogP contribution < -0.4 is 5.32 Å². The average Bonchev–Trinajstić information content (AvgIpc) is 3.32. The van der Waals surface area contributed by atoms with Crippen molar-refractivity contribution in [3.05, 3.63) is 29.3 Å². The van der Waals surface area contributed by atoms with Gasteiger partial charge in [-0.2, -0.15) is 0 Å². The lowest BCUT2D eigenvalue weighted by molar-refractivity contribution is -0.116. The maximum absolute atomic E-state index is 12.8. The van der Waals surface area contributed by atoms with Gasteiger partial charge in [0.15, 0.2) is 5.82 Å². The number of fused-ring (bicyclic) bond motifs is 3. The Kier molecular flexibility index (Phi) is 12.0. The second-order valence-corrected chi connectivity index (χ2v) is 10.6. The molecule has 1 amide bonds. The third-order valence-electron chi connectivity index (χ3n) is 6.92. The van der Waals surface area contributed by atoms with Gasteiger partial charge in [-0.3, -0.25) is 4.79 Å². The smallest absolute Gasteiger partial charge is 0.225 e. The summed E-state index contributed by atoms with van der Waals surface area (Å²) in [6, 6.07) is 8.12. The number of carbonyl (C=O) groups is 1. The average molecular weight is 512 g/mol. The Labute approximate surface area is 221 Å². The third-order valence-corrected chi connectivity index (χ3v) is 8.07. The lowest BCUT2D eigenvalue weighted by Gasteiger charge is -2.22. The van der Waals surface area contributed by atoms with E-state index in [1.54, 1.807) is 11.3 Å². The Hall–Kier alpha value is -2.09. The first-order chi connectivity index (χ1) is 17.6. The van der Waals surface area contributed by atoms with Crippen LogP contribution in [0.3, 0.4) is 0 Å². The van der Waals surface area contributed by atoms with Crippen LogP contribution in [0.25, 0.3) is 21.1 Å². The summed E-state index contributed by atoms with van der Waals surface area (Å²) >= 11 is 1.72. The van der Waals surface area contributed by atoms with Crippen LogP contribution in [-0.4, -0.2) is 64.9 Å². The molecule has 0 aliphatic heterocycles. The molecular formula is C29H45N5OS. The molecule has 0 aliphatic carbocycles. The minimum absolute atomic E-state index is 0.0351. The summed E-state index contributed by atoms with van der Waals surface area (Å²) in [5, 5.41) is 5.29. The molecule has 1 aromatic carbocycles. The van der Waals surface area contributed by atoms with Crippen LogP contribution in [0.4, 0.5) is 5.82 Å². The van der Waals surface area contributed by atoms with Crippen molar-refractivity contribution in [2.24, 2.45) is 0 Å². The number of para-hydroxylation sites is 1. The number of carbonyl (C=O) groups excluding carboxylic acids is 1. The highest BCUT2D eigenvalue weighted by Gasteiger charge is 2.15. The summed E-state index contributed by atoms with van der Waals surface area (Å²) in [7, 11) is 0. The van der Waals surface area contributed by atoms with Crippen molar-refractivity contribution in [3.63, 3.8) is 0 Å². The fourth-order valence-corrected chi connectivity index (χ4v) is 5.88. The molecule has 0 saturated carbocycles. The van der Waals surface area contributed by atoms with Crippen LogP contribution in [0, 0.1) is 0 Å². The SMILES string of the molecule is CCCc1nc2c(NC(=O)CCCCCN(CC)CCCCN(CC)CC)nc3ccccc3c2s1. The first-order valence-corrected chi connectivity index (χ1v) is 14.8. The maximum atomic E-state index is 12.8. The fraction of sp³-hybridized carbons (Fsp3) is 0.621. The molecule has 1 N–H and O–H groups in total. The van der Waals surface area contributed by atoms with Crippen molar-refractivity contribution in [2.45, 2.75) is 79.1 Å². The van der Waals surface area contributed by atoms with E-state index in [1.165, 1.54) is 25.9 Å². The predicted molar refractivity (Wildman–Crippen MR) is 155 cm³/mol. The number of pyridine rings is 1. The van der Waals surface area contributed by atoms with Crippen molar-refractivity contribution >= 4 is 44.2 Å². The molecule has 36 heavy (non-hydrogen) atoms. The van der Waals surface area contributed by atoms with E-state index >= 15 is 0 Å². The molecule has 7 heteroatoms. The van der Waals surface area contributed by atoms with Gasteiger partial charge < -0.3 is 15.1 Å². The number of nitrogens with zero attached hydrogens (tertiary/aromatic N) is 4. The van der Waals surface area contributed by atoms with E-state index in [-0.39, 0.29) is 5.91 Å². The summed E-state index contributed by atoms with van der Waals surface area (Å²) in [5.41, 5.74) is 1.74. The van der Waals surface area contributed by atoms with Crippen molar-refractivity contribution in [1.29, 1.82) is 0 Å². The van der Waals surface area contributed by atoms with Crippen LogP contribution in [0.1, 0.15) is 77.6 Å². The molecule has 0 radical (unpaired) electrons. The van der Waals surface area contributed by atoms with E-state index in [0.29, 0.717) is 12.2 Å². The van der Waals surface area contributed by atoms with Gasteiger partial charge in [0.25, 0.3) is 0 Å². The molecule has 0 spiro atoms. The zero-order valence-corrected chi connectivity index (χ0v) is 23.6. The van der Waals surface area contributed by atoms with Crippen LogP contribution in [0.15, 0.2) is 24.3 Å². The molecule has 2 aromatic heterocycles. The summed E-state index contributed by atoms with van der Waals surface area (Å²) in [5.74, 6) is 0.641. The molecule has 2 heterocycles. The molecular weight excluding hydrogens is 466 g/mol. The van der Waals surface area contributed by atoms with Crippen molar-refractivity contribution in [2.75, 3.05) is 44.6 Å². The fourth-order valence-electron chi connectivity index (χ4n) is 4.68. The molecule has 3 rings (SSSR count). The number of anilines is 1. The standard InChI is InChI=1S/C29H45N5OS/c1-5-16-26-32-27-28(36-26)23-17-11-12-18-24(23)30-29(27)31-25(35)19-10-9-13-21-34(8-4)22-15-14-20-33(6-2)7-3/h11-12,17-18H,5-10,13-16,19-22H2,1-4H3,(H,30,31,35). The molecule has 3 aromatic rings. The van der Waals surface area contributed by atoms with Gasteiger partial charge in [0.2, 0.25) is 5.91 Å². The molecule has 0 aliphatic rings. The second-order valence-electron chi connectivity index (χ2n) is 9.54. The lowest BCUT2D eigenvalue weighted by atomic mass is 10.1. The molecule has 0 saturated heterocycles. The number of benzene rings is 1. The van der Waals surface area contributed by atoms with Crippen LogP contribution >= 0.6 is 11.3 Å². The van der Waals surface area contributed by atoms with E-state index < -0.39 is 0 Å². The first-order valence-electron chi connectivity index (χ1n) is 14.0. The van der Waals surface area contributed by atoms with E-state index in [0.717, 1.165) is 84.4 Å². The van der Waals surface area contributed by atoms with Crippen LogP contribution in [0.5, 0.6) is 0 Å². The number of nitrogens with one attached hydrogen (secondary N) is 1. The number of hydrogen-bond acceptors (Lipinski definition) is 6. The van der Waals surface area contributed by atoms with Gasteiger partial charge in [-0.15, -0.1) is 11.3 Å². The summed E-state index contributed by atoms with van der Waals surface area (Å²) < 4.78 is 1.12. The third kappa shape index (κ3) is 8.22. The number of hydrogen-bond donors (Lipinski definition) is 1. The largest absolute Gasteiger partial charge is 0.309 e. The van der Waals surface area contributed by atoms with E-state index in [2.05, 4.69) is 48.9 Å². The molecule has 0 unspecified atom stereocenters. The number of thiazole rings is 1. The van der Waals surface area contributed by atoms with Gasteiger partial charge in [-0.1, -0.05) is 52.3 Å². The van der Waals surface area contributed by atoms with Crippen molar-refractivity contribution in [3.8, 4) is 0 Å². The summed E-state index contributed by atoms with van der Waals surface area (Å²) in [4.78, 5) is 27.4. The van der Waals surface area contributed by atoms with Crippen LogP contribution in [0.2, 0.25) is 0 Å². The maximum Gasteiger partial charge on any atom is 0.225 e. The minimum atomic E-state index is 0.0351. The number of aromatic nitrogens is 2. The molecule has 0 fully saturated rings. The Morgan fingerprint density at radius 3 is 2.22 bits per heavy atom. The quantitative estimate of drug-likeness (QED) is 0.203. The number of unbranched alkanes of at least 4 members (excludes halogenated alkanes) is 3. The minimum Gasteiger partial charge on any atom is -0.309 e. The highest BCUT2D eigenvalue weighted by Crippen LogP contribution is 2.34. The Bertz CT molecular complexity index is 1080. The van der Waals surface area contributed by atoms with E-state index in [1.807, 2.05) is 18.2 Å². The highest BCUT2D eigenvalue weighted by atomic mass is 32.1. The Morgan fingerprint density at radius 1 is 0.861 bits per heavy atom. The van der Waals surface area contributed by atoms with E-state index in [4.69, 9.17) is 9.97 Å². The Morgan fingerprint density at radius 2 is 1.53 bits per heavy atom. The molecule has 6 nitrogen and oxygen atoms in total. The van der Waals surface area contributed by atoms with Gasteiger partial charge in [-0.05, 0) is 83.9 Å². The first kappa shape index (κ1) is 28.5. The monoisotopic (exact) mass is 511 g/mol. The van der Waals surface area contributed by atoms with Crippen molar-refractivity contribution in [1.82, 2.24) is 19.8 Å². The zero-order valence-electron chi connectivity index (χ0n) is 22.8. The lowest BCUT2D eigenvalue weighted by Crippen LogP contribution is -2.28. The zero-order chi connectivity index (χ0) is 25.8. The second kappa shape index (κ2) is 15.2. The van der Waals surface area contributed by atoms with Gasteiger partial charge in [0.1, 0.15) is 5.52 Å². The summed E-state index contributed by atoms with van der Waals surface area (Å²) in [6.45, 7) is 15.8. The van der Waals surface area contributed by atoms with Gasteiger partial charge in [0, 0.05) is 11.8 Å². The van der Waals surface area contributed by atoms with Crippen LogP contribution in [-0.2, 0) is 11.2 Å². The molecule has 0 bridgehead atoms. The normalized spacial score (nSPS) is 11.8. The number of aryl methyl sites for hydroxylation is 1. The number of amides is 1. The molecule has 0 atom stereocenters.